The number of amides is 1. The molecule has 0 radical (unpaired) electrons. The lowest BCUT2D eigenvalue weighted by Crippen LogP contribution is -2.30. The molecule has 3 rings (SSSR count). The van der Waals surface area contributed by atoms with Gasteiger partial charge in [-0.25, -0.2) is 0 Å². The molecule has 0 spiro atoms. The maximum absolute atomic E-state index is 12.4. The van der Waals surface area contributed by atoms with E-state index in [9.17, 15) is 4.79 Å². The van der Waals surface area contributed by atoms with Crippen molar-refractivity contribution in [1.29, 1.82) is 0 Å². The van der Waals surface area contributed by atoms with Crippen molar-refractivity contribution in [1.82, 2.24) is 0 Å². The summed E-state index contributed by atoms with van der Waals surface area (Å²) in [6.45, 7) is 0. The Balaban J connectivity index is 1.78. The van der Waals surface area contributed by atoms with Gasteiger partial charge in [0.15, 0.2) is 0 Å². The highest BCUT2D eigenvalue weighted by Gasteiger charge is 2.38. The van der Waals surface area contributed by atoms with Crippen LogP contribution in [0.2, 0.25) is 0 Å². The Labute approximate surface area is 145 Å². The molecule has 0 N–H and O–H groups in total. The number of rotatable bonds is 3. The molecule has 1 saturated heterocycles. The number of azo groups is 1. The monoisotopic (exact) mass is 391 g/mol. The maximum atomic E-state index is 12.4. The van der Waals surface area contributed by atoms with Gasteiger partial charge in [-0.15, -0.1) is 0 Å². The van der Waals surface area contributed by atoms with Crippen molar-refractivity contribution in [2.24, 2.45) is 10.2 Å². The summed E-state index contributed by atoms with van der Waals surface area (Å²) in [6, 6.07) is 16.7. The number of carbonyl (C=O) groups is 1. The first kappa shape index (κ1) is 15.3. The predicted molar refractivity (Wildman–Crippen MR) is 96.6 cm³/mol. The van der Waals surface area contributed by atoms with Crippen LogP contribution in [0.15, 0.2) is 69.3 Å². The number of carbonyl (C=O) groups excluding carboxylic acids is 1. The molecule has 2 aromatic rings. The Bertz CT molecular complexity index is 734. The number of thioether (sulfide) groups is 1. The lowest BCUT2D eigenvalue weighted by molar-refractivity contribution is -0.116. The van der Waals surface area contributed by atoms with Crippen LogP contribution in [0.4, 0.5) is 11.4 Å². The summed E-state index contributed by atoms with van der Waals surface area (Å²) in [7, 11) is 0. The second-order valence-electron chi connectivity index (χ2n) is 4.44. The van der Waals surface area contributed by atoms with Gasteiger partial charge < -0.3 is 0 Å². The Morgan fingerprint density at radius 1 is 1.09 bits per heavy atom. The van der Waals surface area contributed by atoms with Crippen LogP contribution in [0.25, 0.3) is 0 Å². The molecule has 2 aromatic carbocycles. The number of anilines is 1. The van der Waals surface area contributed by atoms with Gasteiger partial charge >= 0.3 is 0 Å². The first-order valence-electron chi connectivity index (χ1n) is 6.41. The van der Waals surface area contributed by atoms with Crippen LogP contribution >= 0.6 is 39.9 Å². The van der Waals surface area contributed by atoms with E-state index >= 15 is 0 Å². The molecule has 1 aliphatic heterocycles. The Morgan fingerprint density at radius 2 is 1.77 bits per heavy atom. The van der Waals surface area contributed by atoms with E-state index in [4.69, 9.17) is 12.2 Å². The third-order valence-corrected chi connectivity index (χ3v) is 4.85. The third kappa shape index (κ3) is 3.26. The number of thiocarbonyl (C=S) groups is 1. The molecular formula is C15H10BrN3OS2. The zero-order valence-corrected chi connectivity index (χ0v) is 14.4. The van der Waals surface area contributed by atoms with Crippen LogP contribution in [0.3, 0.4) is 0 Å². The van der Waals surface area contributed by atoms with Gasteiger partial charge in [0, 0.05) is 4.47 Å². The highest BCUT2D eigenvalue weighted by molar-refractivity contribution is 9.10. The molecule has 4 nitrogen and oxygen atoms in total. The van der Waals surface area contributed by atoms with Crippen LogP contribution in [-0.2, 0) is 4.79 Å². The minimum atomic E-state index is -0.628. The first-order valence-corrected chi connectivity index (χ1v) is 8.49. The molecule has 0 aromatic heterocycles. The van der Waals surface area contributed by atoms with Gasteiger partial charge in [0.25, 0.3) is 5.91 Å². The van der Waals surface area contributed by atoms with Gasteiger partial charge in [-0.2, -0.15) is 10.2 Å². The molecule has 0 saturated carbocycles. The van der Waals surface area contributed by atoms with Gasteiger partial charge in [0.1, 0.15) is 4.32 Å². The molecule has 1 heterocycles. The minimum Gasteiger partial charge on any atom is -0.270 e. The molecule has 22 heavy (non-hydrogen) atoms. The van der Waals surface area contributed by atoms with Crippen molar-refractivity contribution in [2.75, 3.05) is 4.90 Å². The Kier molecular flexibility index (Phi) is 4.66. The van der Waals surface area contributed by atoms with Crippen molar-refractivity contribution >= 4 is 61.5 Å². The molecule has 1 unspecified atom stereocenters. The molecule has 1 aliphatic rings. The number of para-hydroxylation sites is 1. The summed E-state index contributed by atoms with van der Waals surface area (Å²) >= 11 is 9.88. The largest absolute Gasteiger partial charge is 0.270 e. The van der Waals surface area contributed by atoms with Crippen molar-refractivity contribution < 1.29 is 4.79 Å². The lowest BCUT2D eigenvalue weighted by Gasteiger charge is -2.14. The summed E-state index contributed by atoms with van der Waals surface area (Å²) in [5, 5.41) is 7.61. The van der Waals surface area contributed by atoms with E-state index in [-0.39, 0.29) is 5.91 Å². The van der Waals surface area contributed by atoms with E-state index in [1.165, 1.54) is 16.7 Å². The topological polar surface area (TPSA) is 45.0 Å². The average molecular weight is 392 g/mol. The van der Waals surface area contributed by atoms with Gasteiger partial charge in [-0.3, -0.25) is 9.69 Å². The van der Waals surface area contributed by atoms with E-state index < -0.39 is 5.37 Å². The SMILES string of the molecule is O=C1C(N=Nc2ccc(Br)cc2)SC(=S)N1c1ccccc1. The van der Waals surface area contributed by atoms with Crippen LogP contribution in [0.5, 0.6) is 0 Å². The molecule has 7 heteroatoms. The predicted octanol–water partition coefficient (Wildman–Crippen LogP) is 4.92. The fourth-order valence-electron chi connectivity index (χ4n) is 1.91. The van der Waals surface area contributed by atoms with Crippen LogP contribution in [0, 0.1) is 0 Å². The summed E-state index contributed by atoms with van der Waals surface area (Å²) < 4.78 is 1.46. The smallest absolute Gasteiger partial charge is 0.270 e. The lowest BCUT2D eigenvalue weighted by atomic mass is 10.3. The quantitative estimate of drug-likeness (QED) is 0.550. The van der Waals surface area contributed by atoms with E-state index in [2.05, 4.69) is 26.2 Å². The zero-order valence-electron chi connectivity index (χ0n) is 11.2. The number of nitrogens with zero attached hydrogens (tertiary/aromatic N) is 3. The summed E-state index contributed by atoms with van der Waals surface area (Å²) in [5.41, 5.74) is 1.45. The minimum absolute atomic E-state index is 0.165. The standard InChI is InChI=1S/C15H10BrN3OS2/c16-10-6-8-11(9-7-10)17-18-13-14(20)19(15(21)22-13)12-4-2-1-3-5-12/h1-9,13H. The van der Waals surface area contributed by atoms with Crippen LogP contribution in [-0.4, -0.2) is 15.6 Å². The second kappa shape index (κ2) is 6.68. The number of hydrogen-bond donors (Lipinski definition) is 0. The van der Waals surface area contributed by atoms with Crippen molar-refractivity contribution in [3.05, 3.63) is 59.1 Å². The summed E-state index contributed by atoms with van der Waals surface area (Å²) in [5.74, 6) is -0.165. The van der Waals surface area contributed by atoms with Crippen LogP contribution < -0.4 is 4.90 Å². The zero-order chi connectivity index (χ0) is 15.5. The first-order chi connectivity index (χ1) is 10.6. The Hall–Kier alpha value is -1.57. The maximum Gasteiger partial charge on any atom is 0.270 e. The molecule has 110 valence electrons. The third-order valence-electron chi connectivity index (χ3n) is 2.95. The molecule has 1 amide bonds. The van der Waals surface area contributed by atoms with Gasteiger partial charge in [-0.05, 0) is 36.4 Å². The molecule has 1 atom stereocenters. The van der Waals surface area contributed by atoms with Gasteiger partial charge in [-0.1, -0.05) is 58.1 Å². The van der Waals surface area contributed by atoms with Gasteiger partial charge in [0.05, 0.1) is 11.4 Å². The molecule has 0 aliphatic carbocycles. The molecule has 1 fully saturated rings. The summed E-state index contributed by atoms with van der Waals surface area (Å²) in [4.78, 5) is 14.0. The fourth-order valence-corrected chi connectivity index (χ4v) is 3.43. The van der Waals surface area contributed by atoms with Crippen molar-refractivity contribution in [3.63, 3.8) is 0 Å². The highest BCUT2D eigenvalue weighted by Crippen LogP contribution is 2.33. The fraction of sp³-hybridized carbons (Fsp3) is 0.0667. The van der Waals surface area contributed by atoms with Gasteiger partial charge in [0.2, 0.25) is 5.37 Å². The summed E-state index contributed by atoms with van der Waals surface area (Å²) in [6.07, 6.45) is 0. The molecular weight excluding hydrogens is 382 g/mol. The van der Waals surface area contributed by atoms with Crippen LogP contribution in [0.1, 0.15) is 0 Å². The highest BCUT2D eigenvalue weighted by atomic mass is 79.9. The Morgan fingerprint density at radius 3 is 2.45 bits per heavy atom. The second-order valence-corrected chi connectivity index (χ2v) is 7.07. The van der Waals surface area contributed by atoms with E-state index in [0.717, 1.165) is 10.2 Å². The number of hydrogen-bond acceptors (Lipinski definition) is 5. The van der Waals surface area contributed by atoms with Crippen molar-refractivity contribution in [3.8, 4) is 0 Å². The number of benzene rings is 2. The normalized spacial score (nSPS) is 18.4. The van der Waals surface area contributed by atoms with Crippen molar-refractivity contribution in [2.45, 2.75) is 5.37 Å². The van der Waals surface area contributed by atoms with E-state index in [1.807, 2.05) is 54.6 Å². The average Bonchev–Trinajstić information content (AvgIpc) is 2.82. The van der Waals surface area contributed by atoms with E-state index in [1.54, 1.807) is 0 Å². The van der Waals surface area contributed by atoms with E-state index in [0.29, 0.717) is 10.0 Å². The molecule has 0 bridgehead atoms. The number of halogens is 1.